The highest BCUT2D eigenvalue weighted by atomic mass is 31.2. The molecule has 6 heteroatoms. The van der Waals surface area contributed by atoms with Crippen LogP contribution in [0.1, 0.15) is 51.4 Å². The third-order valence-corrected chi connectivity index (χ3v) is 9.55. The van der Waals surface area contributed by atoms with Crippen LogP contribution in [0.3, 0.4) is 0 Å². The fraction of sp³-hybridized carbons (Fsp3) is 0.556. The topological polar surface area (TPSA) is 53.0 Å². The largest absolute Gasteiger partial charge is 0.378 e. The molecule has 3 rings (SSSR count). The van der Waals surface area contributed by atoms with Crippen molar-refractivity contribution in [2.24, 2.45) is 17.8 Å². The first kappa shape index (κ1) is 25.8. The summed E-state index contributed by atoms with van der Waals surface area (Å²) in [7, 11) is 4.28. The van der Waals surface area contributed by atoms with Crippen molar-refractivity contribution in [2.75, 3.05) is 38.0 Å². The number of aliphatic hydroxyl groups is 1. The van der Waals surface area contributed by atoms with Crippen LogP contribution < -0.4 is 15.1 Å². The molecule has 0 bridgehead atoms. The molecule has 1 saturated carbocycles. The smallest absolute Gasteiger partial charge is 0.264 e. The second-order valence-electron chi connectivity index (χ2n) is 10.3. The zero-order valence-corrected chi connectivity index (χ0v) is 22.1. The molecule has 0 heterocycles. The van der Waals surface area contributed by atoms with Gasteiger partial charge in [-0.05, 0) is 72.6 Å². The Morgan fingerprint density at radius 2 is 1.42 bits per heavy atom. The molecular formula is C27H41N2O3P. The van der Waals surface area contributed by atoms with Crippen molar-refractivity contribution in [3.63, 3.8) is 0 Å². The maximum Gasteiger partial charge on any atom is 0.264 e. The highest BCUT2D eigenvalue weighted by Crippen LogP contribution is 2.60. The van der Waals surface area contributed by atoms with Crippen LogP contribution in [0.25, 0.3) is 0 Å². The van der Waals surface area contributed by atoms with E-state index in [0.717, 1.165) is 24.2 Å². The number of anilines is 2. The van der Waals surface area contributed by atoms with Crippen LogP contribution in [0.5, 0.6) is 0 Å². The fourth-order valence-electron chi connectivity index (χ4n) is 4.80. The van der Waals surface area contributed by atoms with Crippen molar-refractivity contribution in [1.82, 2.24) is 0 Å². The lowest BCUT2D eigenvalue weighted by atomic mass is 9.75. The quantitative estimate of drug-likeness (QED) is 0.486. The molecule has 0 saturated heterocycles. The normalized spacial score (nSPS) is 23.7. The molecule has 2 aromatic rings. The van der Waals surface area contributed by atoms with Crippen molar-refractivity contribution in [3.8, 4) is 0 Å². The molecule has 5 nitrogen and oxygen atoms in total. The van der Waals surface area contributed by atoms with Crippen molar-refractivity contribution < 1.29 is 14.2 Å². The van der Waals surface area contributed by atoms with Gasteiger partial charge in [-0.15, -0.1) is 0 Å². The molecule has 0 aliphatic heterocycles. The van der Waals surface area contributed by atoms with E-state index in [1.807, 2.05) is 86.5 Å². The maximum absolute atomic E-state index is 14.7. The van der Waals surface area contributed by atoms with Gasteiger partial charge < -0.3 is 19.4 Å². The molecule has 5 atom stereocenters. The molecule has 0 aromatic heterocycles. The first-order chi connectivity index (χ1) is 15.5. The lowest BCUT2D eigenvalue weighted by Gasteiger charge is -2.40. The van der Waals surface area contributed by atoms with Crippen LogP contribution >= 0.6 is 7.37 Å². The Hall–Kier alpha value is -1.81. The minimum atomic E-state index is -3.62. The van der Waals surface area contributed by atoms with Crippen molar-refractivity contribution in [3.05, 3.63) is 54.1 Å². The maximum atomic E-state index is 14.7. The molecule has 0 unspecified atom stereocenters. The van der Waals surface area contributed by atoms with Crippen molar-refractivity contribution >= 4 is 24.0 Å². The minimum Gasteiger partial charge on any atom is -0.378 e. The Labute approximate surface area is 200 Å². The zero-order valence-electron chi connectivity index (χ0n) is 21.2. The summed E-state index contributed by atoms with van der Waals surface area (Å²) in [6.07, 6.45) is 2.97. The predicted molar refractivity (Wildman–Crippen MR) is 140 cm³/mol. The summed E-state index contributed by atoms with van der Waals surface area (Å²) in [6, 6.07) is 15.2. The molecule has 33 heavy (non-hydrogen) atoms. The van der Waals surface area contributed by atoms with E-state index < -0.39 is 13.2 Å². The third kappa shape index (κ3) is 5.82. The summed E-state index contributed by atoms with van der Waals surface area (Å²) in [4.78, 5) is 4.01. The lowest BCUT2D eigenvalue weighted by Crippen LogP contribution is -2.35. The van der Waals surface area contributed by atoms with E-state index in [2.05, 4.69) is 20.8 Å². The molecule has 1 fully saturated rings. The Morgan fingerprint density at radius 1 is 0.909 bits per heavy atom. The van der Waals surface area contributed by atoms with E-state index in [4.69, 9.17) is 4.52 Å². The number of aliphatic hydroxyl groups excluding tert-OH is 1. The highest BCUT2D eigenvalue weighted by Gasteiger charge is 2.42. The molecular weight excluding hydrogens is 431 g/mol. The third-order valence-electron chi connectivity index (χ3n) is 7.01. The zero-order chi connectivity index (χ0) is 24.3. The minimum absolute atomic E-state index is 0.135. The summed E-state index contributed by atoms with van der Waals surface area (Å²) in [5.41, 5.74) is 2.66. The number of rotatable bonds is 8. The van der Waals surface area contributed by atoms with Gasteiger partial charge in [0.05, 0.1) is 6.10 Å². The van der Waals surface area contributed by atoms with Gasteiger partial charge in [0.25, 0.3) is 7.37 Å². The molecule has 182 valence electrons. The van der Waals surface area contributed by atoms with Crippen LogP contribution in [-0.4, -0.2) is 39.4 Å². The second kappa shape index (κ2) is 10.6. The number of hydrogen-bond donors (Lipinski definition) is 1. The molecule has 0 amide bonds. The predicted octanol–water partition coefficient (Wildman–Crippen LogP) is 5.89. The molecule has 1 N–H and O–H groups in total. The Bertz CT molecular complexity index is 941. The van der Waals surface area contributed by atoms with Crippen LogP contribution in [0.2, 0.25) is 0 Å². The van der Waals surface area contributed by atoms with E-state index in [9.17, 15) is 9.67 Å². The van der Waals surface area contributed by atoms with E-state index >= 15 is 0 Å². The first-order valence-corrected chi connectivity index (χ1v) is 13.7. The summed E-state index contributed by atoms with van der Waals surface area (Å²) < 4.78 is 21.2. The molecule has 0 radical (unpaired) electrons. The van der Waals surface area contributed by atoms with Crippen LogP contribution in [0, 0.1) is 17.8 Å². The summed E-state index contributed by atoms with van der Waals surface area (Å²) in [5, 5.41) is 12.1. The summed E-state index contributed by atoms with van der Waals surface area (Å²) in [5.74, 6) is 0.0672. The van der Waals surface area contributed by atoms with Gasteiger partial charge in [-0.3, -0.25) is 4.57 Å². The molecule has 2 aromatic carbocycles. The number of nitrogens with zero attached hydrogens (tertiary/aromatic N) is 2. The Kier molecular flexibility index (Phi) is 8.31. The number of hydrogen-bond acceptors (Lipinski definition) is 5. The highest BCUT2D eigenvalue weighted by molar-refractivity contribution is 7.67. The average Bonchev–Trinajstić information content (AvgIpc) is 2.78. The van der Waals surface area contributed by atoms with E-state index in [1.165, 1.54) is 6.42 Å². The fourth-order valence-corrected chi connectivity index (χ4v) is 7.09. The first-order valence-electron chi connectivity index (χ1n) is 12.0. The summed E-state index contributed by atoms with van der Waals surface area (Å²) in [6.45, 7) is 6.66. The van der Waals surface area contributed by atoms with Crippen molar-refractivity contribution in [1.29, 1.82) is 0 Å². The van der Waals surface area contributed by atoms with E-state index in [1.54, 1.807) is 0 Å². The standard InChI is InChI=1S/C27H41N2O3P/c1-19(2)25-17-8-20(3)18-26(25)32-33(31,24-15-13-23(14-16-24)29(6)7)27(30)21-9-11-22(12-10-21)28(4)5/h9-16,19-20,25-27,30H,8,17-18H2,1-7H3/t20-,25+,26+,27-,33-/m0/s1. The molecule has 0 spiro atoms. The molecule has 1 aliphatic carbocycles. The Morgan fingerprint density at radius 3 is 1.91 bits per heavy atom. The monoisotopic (exact) mass is 472 g/mol. The van der Waals surface area contributed by atoms with E-state index in [-0.39, 0.29) is 6.10 Å². The van der Waals surface area contributed by atoms with Gasteiger partial charge in [-0.1, -0.05) is 39.3 Å². The SMILES string of the molecule is CC(C)[C@H]1CC[C@H](C)C[C@H]1O[P@@](=O)(c1ccc(N(C)C)cc1)[C@H](O)c1ccc(N(C)C)cc1. The summed E-state index contributed by atoms with van der Waals surface area (Å²) >= 11 is 0. The Balaban J connectivity index is 2.02. The van der Waals surface area contributed by atoms with Gasteiger partial charge in [-0.25, -0.2) is 0 Å². The van der Waals surface area contributed by atoms with Crippen LogP contribution in [-0.2, 0) is 9.09 Å². The number of benzene rings is 2. The van der Waals surface area contributed by atoms with Gasteiger partial charge in [0.2, 0.25) is 0 Å². The van der Waals surface area contributed by atoms with Gasteiger partial charge in [0.1, 0.15) is 0 Å². The second-order valence-corrected chi connectivity index (χ2v) is 12.7. The van der Waals surface area contributed by atoms with Crippen LogP contribution in [0.15, 0.2) is 48.5 Å². The van der Waals surface area contributed by atoms with Gasteiger partial charge in [0.15, 0.2) is 5.85 Å². The van der Waals surface area contributed by atoms with Gasteiger partial charge in [-0.2, -0.15) is 0 Å². The van der Waals surface area contributed by atoms with Crippen molar-refractivity contribution in [2.45, 2.75) is 52.0 Å². The van der Waals surface area contributed by atoms with Gasteiger partial charge >= 0.3 is 0 Å². The van der Waals surface area contributed by atoms with Gasteiger partial charge in [0, 0.05) is 44.9 Å². The molecule has 1 aliphatic rings. The van der Waals surface area contributed by atoms with Crippen LogP contribution in [0.4, 0.5) is 11.4 Å². The average molecular weight is 473 g/mol. The van der Waals surface area contributed by atoms with E-state index in [0.29, 0.717) is 28.6 Å². The lowest BCUT2D eigenvalue weighted by molar-refractivity contribution is 0.0427.